The molecule has 6 nitrogen and oxygen atoms in total. The van der Waals surface area contributed by atoms with Crippen molar-refractivity contribution < 1.29 is 24.7 Å². The van der Waals surface area contributed by atoms with Gasteiger partial charge in [0, 0.05) is 25.2 Å². The molecule has 30 heavy (non-hydrogen) atoms. The van der Waals surface area contributed by atoms with Crippen LogP contribution < -0.4 is 20.1 Å². The largest absolute Gasteiger partial charge is 0.492 e. The highest BCUT2D eigenvalue weighted by molar-refractivity contribution is 5.88. The lowest BCUT2D eigenvalue weighted by Gasteiger charge is -2.15. The van der Waals surface area contributed by atoms with E-state index < -0.39 is 6.10 Å². The zero-order chi connectivity index (χ0) is 20.8. The van der Waals surface area contributed by atoms with Gasteiger partial charge >= 0.3 is 0 Å². The summed E-state index contributed by atoms with van der Waals surface area (Å²) in [5.41, 5.74) is 5.08. The van der Waals surface area contributed by atoms with Crippen LogP contribution >= 0.6 is 0 Å². The molecule has 1 aliphatic heterocycles. The molecule has 0 spiro atoms. The molecule has 0 amide bonds. The van der Waals surface area contributed by atoms with Gasteiger partial charge in [-0.1, -0.05) is 30.3 Å². The number of aliphatic hydroxyl groups is 1. The molecule has 1 aliphatic rings. The molecule has 0 radical (unpaired) electrons. The van der Waals surface area contributed by atoms with Gasteiger partial charge in [0.25, 0.3) is 0 Å². The van der Waals surface area contributed by atoms with Crippen LogP contribution in [-0.2, 0) is 0 Å². The number of carbonyl (C=O) groups is 1. The van der Waals surface area contributed by atoms with Gasteiger partial charge in [-0.25, -0.2) is 0 Å². The number of nitrogens with two attached hydrogens (primary N) is 1. The summed E-state index contributed by atoms with van der Waals surface area (Å²) in [5.74, 6) is 1.34. The van der Waals surface area contributed by atoms with Crippen molar-refractivity contribution in [2.24, 2.45) is 0 Å². The Labute approximate surface area is 175 Å². The zero-order valence-corrected chi connectivity index (χ0v) is 16.6. The predicted molar refractivity (Wildman–Crippen MR) is 115 cm³/mol. The summed E-state index contributed by atoms with van der Waals surface area (Å²) in [6, 6.07) is 21.3. The second-order valence-electron chi connectivity index (χ2n) is 7.13. The third-order valence-electron chi connectivity index (χ3n) is 4.99. The number of aliphatic hydroxyl groups excluding tert-OH is 1. The number of nitrogens with one attached hydrogen (secondary N) is 1. The van der Waals surface area contributed by atoms with Gasteiger partial charge < -0.3 is 19.9 Å². The van der Waals surface area contributed by atoms with E-state index in [1.165, 1.54) is 5.69 Å². The maximum absolute atomic E-state index is 11.0. The topological polar surface area (TPSA) is 84.4 Å². The molecule has 0 aromatic heterocycles. The monoisotopic (exact) mass is 405 g/mol. The van der Waals surface area contributed by atoms with Crippen LogP contribution in [0.25, 0.3) is 11.1 Å². The quantitative estimate of drug-likeness (QED) is 0.214. The molecule has 3 aromatic rings. The molecule has 1 unspecified atom stereocenters. The molecule has 1 heterocycles. The van der Waals surface area contributed by atoms with Crippen molar-refractivity contribution in [3.8, 4) is 22.6 Å². The first-order chi connectivity index (χ1) is 14.8. The van der Waals surface area contributed by atoms with E-state index in [0.717, 1.165) is 28.8 Å². The van der Waals surface area contributed by atoms with Gasteiger partial charge in [0.1, 0.15) is 42.2 Å². The molecule has 154 valence electrons. The van der Waals surface area contributed by atoms with Crippen molar-refractivity contribution in [2.75, 3.05) is 26.3 Å². The second-order valence-corrected chi connectivity index (χ2v) is 7.13. The van der Waals surface area contributed by atoms with Gasteiger partial charge in [-0.2, -0.15) is 0 Å². The van der Waals surface area contributed by atoms with E-state index in [-0.39, 0.29) is 6.61 Å². The normalized spacial score (nSPS) is 12.7. The highest BCUT2D eigenvalue weighted by Crippen LogP contribution is 2.41. The SMILES string of the molecule is O=Cc1ccccc1OCCNCC(O)COc1cccc2c1-c1ccccc1[NH2+]2. The third kappa shape index (κ3) is 4.52. The number of benzene rings is 3. The first-order valence-corrected chi connectivity index (χ1v) is 10.0. The number of para-hydroxylation sites is 2. The van der Waals surface area contributed by atoms with Crippen LogP contribution in [-0.4, -0.2) is 43.8 Å². The molecule has 0 aliphatic carbocycles. The van der Waals surface area contributed by atoms with Crippen LogP contribution in [0, 0.1) is 0 Å². The van der Waals surface area contributed by atoms with Crippen LogP contribution in [0.2, 0.25) is 0 Å². The minimum Gasteiger partial charge on any atom is -0.492 e. The fourth-order valence-corrected chi connectivity index (χ4v) is 3.55. The van der Waals surface area contributed by atoms with Gasteiger partial charge in [-0.05, 0) is 24.3 Å². The van der Waals surface area contributed by atoms with Crippen molar-refractivity contribution in [2.45, 2.75) is 6.10 Å². The number of fused-ring (bicyclic) bond motifs is 3. The first kappa shape index (κ1) is 20.1. The minimum absolute atomic E-state index is 0.195. The number of carbonyl (C=O) groups excluding carboxylic acids is 1. The van der Waals surface area contributed by atoms with E-state index in [0.29, 0.717) is 31.0 Å². The molecule has 3 aromatic carbocycles. The van der Waals surface area contributed by atoms with Gasteiger partial charge in [0.15, 0.2) is 6.29 Å². The van der Waals surface area contributed by atoms with Crippen molar-refractivity contribution in [1.29, 1.82) is 0 Å². The van der Waals surface area contributed by atoms with Crippen LogP contribution in [0.4, 0.5) is 11.4 Å². The third-order valence-corrected chi connectivity index (χ3v) is 4.99. The Bertz CT molecular complexity index is 1020. The average molecular weight is 405 g/mol. The molecule has 0 saturated carbocycles. The molecular formula is C24H25N2O4+. The van der Waals surface area contributed by atoms with Gasteiger partial charge in [0.05, 0.1) is 16.7 Å². The number of rotatable bonds is 10. The average Bonchev–Trinajstić information content (AvgIpc) is 3.17. The lowest BCUT2D eigenvalue weighted by atomic mass is 10.1. The number of hydrogen-bond donors (Lipinski definition) is 3. The Morgan fingerprint density at radius 3 is 2.60 bits per heavy atom. The van der Waals surface area contributed by atoms with Crippen molar-refractivity contribution in [3.63, 3.8) is 0 Å². The van der Waals surface area contributed by atoms with Gasteiger partial charge in [-0.3, -0.25) is 10.1 Å². The molecular weight excluding hydrogens is 380 g/mol. The van der Waals surface area contributed by atoms with Crippen LogP contribution in [0.3, 0.4) is 0 Å². The maximum atomic E-state index is 11.0. The van der Waals surface area contributed by atoms with Crippen molar-refractivity contribution in [3.05, 3.63) is 72.3 Å². The van der Waals surface area contributed by atoms with Crippen molar-refractivity contribution >= 4 is 17.7 Å². The van der Waals surface area contributed by atoms with Gasteiger partial charge in [-0.15, -0.1) is 0 Å². The van der Waals surface area contributed by atoms with Crippen LogP contribution in [0.15, 0.2) is 66.7 Å². The molecule has 0 fully saturated rings. The summed E-state index contributed by atoms with van der Waals surface area (Å²) in [7, 11) is 0. The summed E-state index contributed by atoms with van der Waals surface area (Å²) in [4.78, 5) is 11.0. The van der Waals surface area contributed by atoms with Gasteiger partial charge in [0.2, 0.25) is 0 Å². The van der Waals surface area contributed by atoms with Crippen molar-refractivity contribution in [1.82, 2.24) is 5.32 Å². The Morgan fingerprint density at radius 1 is 0.933 bits per heavy atom. The molecule has 4 N–H and O–H groups in total. The number of hydrogen-bond acceptors (Lipinski definition) is 5. The van der Waals surface area contributed by atoms with E-state index >= 15 is 0 Å². The van der Waals surface area contributed by atoms with E-state index in [1.807, 2.05) is 30.3 Å². The Balaban J connectivity index is 1.23. The summed E-state index contributed by atoms with van der Waals surface area (Å²) in [6.45, 7) is 1.53. The smallest absolute Gasteiger partial charge is 0.153 e. The molecule has 4 rings (SSSR count). The second kappa shape index (κ2) is 9.54. The molecule has 6 heteroatoms. The number of ether oxygens (including phenoxy) is 2. The number of aldehydes is 1. The first-order valence-electron chi connectivity index (χ1n) is 10.0. The fourth-order valence-electron chi connectivity index (χ4n) is 3.55. The Morgan fingerprint density at radius 2 is 1.70 bits per heavy atom. The molecule has 0 saturated heterocycles. The lowest BCUT2D eigenvalue weighted by Crippen LogP contribution is -2.69. The summed E-state index contributed by atoms with van der Waals surface area (Å²) in [5, 5.41) is 15.6. The minimum atomic E-state index is -0.649. The standard InChI is InChI=1S/C24H24N2O4/c27-15-17-6-1-4-10-22(17)29-13-12-25-14-18(28)16-30-23-11-5-9-21-24(23)19-7-2-3-8-20(19)26-21/h1-11,15,18,25-26,28H,12-14,16H2/p+1. The zero-order valence-electron chi connectivity index (χ0n) is 16.6. The predicted octanol–water partition coefficient (Wildman–Crippen LogP) is 2.41. The van der Waals surface area contributed by atoms with Crippen LogP contribution in [0.1, 0.15) is 10.4 Å². The van der Waals surface area contributed by atoms with E-state index in [4.69, 9.17) is 9.47 Å². The number of quaternary nitrogens is 1. The van der Waals surface area contributed by atoms with E-state index in [1.54, 1.807) is 18.2 Å². The Hall–Kier alpha value is -3.19. The molecule has 0 bridgehead atoms. The molecule has 1 atom stereocenters. The lowest BCUT2D eigenvalue weighted by molar-refractivity contribution is -0.473. The summed E-state index contributed by atoms with van der Waals surface area (Å²) in [6.07, 6.45) is 0.129. The van der Waals surface area contributed by atoms with Crippen LogP contribution in [0.5, 0.6) is 11.5 Å². The maximum Gasteiger partial charge on any atom is 0.153 e. The Kier molecular flexibility index (Phi) is 6.39. The summed E-state index contributed by atoms with van der Waals surface area (Å²) >= 11 is 0. The highest BCUT2D eigenvalue weighted by Gasteiger charge is 2.26. The van der Waals surface area contributed by atoms with E-state index in [2.05, 4.69) is 28.8 Å². The highest BCUT2D eigenvalue weighted by atomic mass is 16.5. The summed E-state index contributed by atoms with van der Waals surface area (Å²) < 4.78 is 11.6. The van der Waals surface area contributed by atoms with E-state index in [9.17, 15) is 9.90 Å². The fraction of sp³-hybridized carbons (Fsp3) is 0.208.